The van der Waals surface area contributed by atoms with E-state index in [0.29, 0.717) is 6.07 Å². The molecule has 1 atom stereocenters. The minimum Gasteiger partial charge on any atom is -0.381 e. The summed E-state index contributed by atoms with van der Waals surface area (Å²) < 4.78 is 151. The van der Waals surface area contributed by atoms with Gasteiger partial charge in [0.2, 0.25) is 11.8 Å². The molecule has 3 heterocycles. The normalized spacial score (nSPS) is 38.7. The second-order valence-electron chi connectivity index (χ2n) is 7.19. The minimum absolute atomic E-state index is 0.112. The lowest BCUT2D eigenvalue weighted by Crippen LogP contribution is -2.52. The highest BCUT2D eigenvalue weighted by atomic mass is 19.1. The van der Waals surface area contributed by atoms with Crippen LogP contribution >= 0.6 is 0 Å². The van der Waals surface area contributed by atoms with Gasteiger partial charge in [-0.05, 0) is 30.1 Å². The summed E-state index contributed by atoms with van der Waals surface area (Å²) in [6, 6.07) is 3.41. The zero-order valence-electron chi connectivity index (χ0n) is 33.2. The van der Waals surface area contributed by atoms with E-state index in [1.807, 2.05) is 0 Å². The molecule has 5 rings (SSSR count). The van der Waals surface area contributed by atoms with Crippen LogP contribution in [0.3, 0.4) is 0 Å². The van der Waals surface area contributed by atoms with E-state index in [0.717, 1.165) is 24.3 Å². The lowest BCUT2D eigenvalue weighted by Gasteiger charge is -2.29. The molecule has 0 bridgehead atoms. The first-order valence-corrected chi connectivity index (χ1v) is 9.84. The van der Waals surface area contributed by atoms with Crippen molar-refractivity contribution in [2.45, 2.75) is 38.3 Å². The van der Waals surface area contributed by atoms with Gasteiger partial charge in [0.05, 0.1) is 24.1 Å². The zero-order chi connectivity index (χ0) is 38.0. The number of anilines is 1. The molecular weight excluding hydrogens is 439 g/mol. The maximum absolute atomic E-state index is 15.6. The Kier molecular flexibility index (Phi) is 2.95. The van der Waals surface area contributed by atoms with Crippen LogP contribution in [-0.2, 0) is 33.9 Å². The Labute approximate surface area is 219 Å². The van der Waals surface area contributed by atoms with Gasteiger partial charge >= 0.3 is 0 Å². The summed E-state index contributed by atoms with van der Waals surface area (Å²) in [6.07, 6.45) is -6.82. The van der Waals surface area contributed by atoms with Crippen molar-refractivity contribution in [3.63, 3.8) is 0 Å². The highest BCUT2D eigenvalue weighted by molar-refractivity contribution is 6.06. The maximum Gasteiger partial charge on any atom is 0.255 e. The Morgan fingerprint density at radius 1 is 1.21 bits per heavy atom. The third-order valence-electron chi connectivity index (χ3n) is 4.98. The number of imide groups is 1. The maximum atomic E-state index is 15.6. The first-order chi connectivity index (χ1) is 22.5. The van der Waals surface area contributed by atoms with Gasteiger partial charge in [-0.1, -0.05) is 18.2 Å². The molecular formula is C25H27FN4O4. The van der Waals surface area contributed by atoms with Crippen LogP contribution in [0.4, 0.5) is 10.1 Å². The number of amides is 3. The monoisotopic (exact) mass is 482 g/mol. The number of carbonyl (C=O) groups excluding carboxylic acids is 3. The van der Waals surface area contributed by atoms with E-state index in [1.54, 1.807) is 5.32 Å². The molecule has 2 fully saturated rings. The summed E-state index contributed by atoms with van der Waals surface area (Å²) in [5.74, 6) is -5.75. The number of hydrogen-bond acceptors (Lipinski definition) is 6. The van der Waals surface area contributed by atoms with Crippen LogP contribution in [0.1, 0.15) is 61.7 Å². The van der Waals surface area contributed by atoms with Crippen LogP contribution in [0.5, 0.6) is 0 Å². The highest BCUT2D eigenvalue weighted by Gasteiger charge is 2.39. The summed E-state index contributed by atoms with van der Waals surface area (Å²) in [6.45, 7) is -20.2. The van der Waals surface area contributed by atoms with Gasteiger partial charge in [-0.15, -0.1) is 0 Å². The number of nitrogens with zero attached hydrogens (tertiary/aromatic N) is 2. The molecule has 2 aromatic carbocycles. The fourth-order valence-corrected chi connectivity index (χ4v) is 3.39. The quantitative estimate of drug-likeness (QED) is 0.613. The molecule has 0 radical (unpaired) electrons. The Bertz CT molecular complexity index is 1780. The van der Waals surface area contributed by atoms with Crippen LogP contribution in [0.25, 0.3) is 0 Å². The number of hydrogen-bond donors (Lipinski definition) is 2. The van der Waals surface area contributed by atoms with E-state index >= 15 is 4.39 Å². The summed E-state index contributed by atoms with van der Waals surface area (Å²) in [4.78, 5) is 38.6. The summed E-state index contributed by atoms with van der Waals surface area (Å²) in [5.41, 5.74) is -2.55. The first-order valence-electron chi connectivity index (χ1n) is 17.8. The molecule has 3 aliphatic heterocycles. The number of ether oxygens (including phenoxy) is 1. The average Bonchev–Trinajstić information content (AvgIpc) is 3.14. The molecule has 0 unspecified atom stereocenters. The van der Waals surface area contributed by atoms with Crippen molar-refractivity contribution >= 4 is 23.4 Å². The van der Waals surface area contributed by atoms with Crippen molar-refractivity contribution in [1.82, 2.24) is 15.1 Å². The number of halogens is 1. The number of carbonyl (C=O) groups is 3. The van der Waals surface area contributed by atoms with Gasteiger partial charge in [-0.3, -0.25) is 24.6 Å². The number of nitrogens with one attached hydrogen (secondary N) is 2. The number of piperidine rings is 1. The van der Waals surface area contributed by atoms with E-state index in [1.165, 1.54) is 6.07 Å². The molecule has 0 aromatic heterocycles. The van der Waals surface area contributed by atoms with E-state index in [4.69, 9.17) is 21.9 Å². The number of rotatable bonds is 6. The number of fused-ring (bicyclic) bond motifs is 1. The molecule has 178 valence electrons. The third kappa shape index (κ3) is 4.53. The highest BCUT2D eigenvalue weighted by Crippen LogP contribution is 2.32. The molecule has 8 nitrogen and oxygen atoms in total. The Balaban J connectivity index is 1.48. The molecule has 0 aliphatic carbocycles. The van der Waals surface area contributed by atoms with E-state index in [2.05, 4.69) is 10.1 Å². The zero-order valence-corrected chi connectivity index (χ0v) is 17.2. The topological polar surface area (TPSA) is 91.0 Å². The second kappa shape index (κ2) is 9.52. The van der Waals surface area contributed by atoms with Crippen molar-refractivity contribution in [3.05, 3.63) is 64.5 Å². The van der Waals surface area contributed by atoms with Crippen LogP contribution in [0.15, 0.2) is 36.4 Å². The van der Waals surface area contributed by atoms with Crippen molar-refractivity contribution < 1.29 is 45.4 Å². The Morgan fingerprint density at radius 2 is 2.03 bits per heavy atom. The van der Waals surface area contributed by atoms with E-state index in [9.17, 15) is 14.4 Å². The van der Waals surface area contributed by atoms with Crippen LogP contribution in [0, 0.1) is 5.82 Å². The molecule has 2 saturated heterocycles. The molecule has 0 spiro atoms. The molecule has 2 N–H and O–H groups in total. The number of morpholine rings is 1. The van der Waals surface area contributed by atoms with Crippen molar-refractivity contribution in [3.8, 4) is 0 Å². The molecule has 34 heavy (non-hydrogen) atoms. The van der Waals surface area contributed by atoms with Gasteiger partial charge in [0, 0.05) is 72.2 Å². The summed E-state index contributed by atoms with van der Waals surface area (Å²) >= 11 is 0. The van der Waals surface area contributed by atoms with Crippen LogP contribution < -0.4 is 10.6 Å². The Morgan fingerprint density at radius 3 is 2.82 bits per heavy atom. The molecule has 3 aliphatic rings. The van der Waals surface area contributed by atoms with Crippen LogP contribution in [-0.4, -0.2) is 59.7 Å². The lowest BCUT2D eigenvalue weighted by molar-refractivity contribution is -0.136. The van der Waals surface area contributed by atoms with Gasteiger partial charge < -0.3 is 15.0 Å². The lowest BCUT2D eigenvalue weighted by atomic mass is 10.0. The molecule has 3 amide bonds. The predicted molar refractivity (Wildman–Crippen MR) is 122 cm³/mol. The second-order valence-corrected chi connectivity index (χ2v) is 7.19. The largest absolute Gasteiger partial charge is 0.381 e. The molecule has 9 heteroatoms. The third-order valence-corrected chi connectivity index (χ3v) is 4.98. The van der Waals surface area contributed by atoms with Crippen molar-refractivity contribution in [2.75, 3.05) is 31.4 Å². The van der Waals surface area contributed by atoms with Crippen molar-refractivity contribution in [1.29, 1.82) is 0 Å². The predicted octanol–water partition coefficient (Wildman–Crippen LogP) is 2.03. The van der Waals surface area contributed by atoms with Crippen LogP contribution in [0.2, 0.25) is 0 Å². The standard InChI is InChI=1S/C25H27FN4O4/c26-20-12-16(14-29-8-10-34-11-9-29)4-5-17(20)13-27-21-3-1-2-18-19(21)15-30(25(18)33)22-6-7-23(31)28-24(22)32/h1-5,12,22,27H,6-11,13-15H2,(H,28,31,32)/t22-/m1/s1/i6D2,7D2,8D2,9D2,10D2,11D2,13D2,15D2. The number of benzene rings is 2. The smallest absolute Gasteiger partial charge is 0.255 e. The summed E-state index contributed by atoms with van der Waals surface area (Å²) in [7, 11) is 0. The first kappa shape index (κ1) is 10.5. The molecule has 0 saturated carbocycles. The van der Waals surface area contributed by atoms with E-state index in [-0.39, 0.29) is 15.4 Å². The van der Waals surface area contributed by atoms with Crippen molar-refractivity contribution in [2.24, 2.45) is 0 Å². The van der Waals surface area contributed by atoms with Gasteiger partial charge in [-0.2, -0.15) is 0 Å². The summed E-state index contributed by atoms with van der Waals surface area (Å²) in [5, 5.41) is 3.89. The fourth-order valence-electron chi connectivity index (χ4n) is 3.39. The van der Waals surface area contributed by atoms with Gasteiger partial charge in [-0.25, -0.2) is 4.39 Å². The minimum atomic E-state index is -3.43. The van der Waals surface area contributed by atoms with Gasteiger partial charge in [0.1, 0.15) is 11.9 Å². The van der Waals surface area contributed by atoms with Gasteiger partial charge in [0.25, 0.3) is 5.91 Å². The Hall–Kier alpha value is -3.30. The van der Waals surface area contributed by atoms with E-state index < -0.39 is 110 Å². The molecule has 2 aromatic rings. The SMILES string of the molecule is [2H]C([2H])(Nc1cccc2c1C([2H])([2H])N([C@H]1C(=O)NC(=O)C([2H])([2H])C1([2H])[2H])C2=O)c1ccc(CN2C([2H])([2H])C([2H])([2H])OC([2H])([2H])C2([2H])[2H])cc1F. The average molecular weight is 483 g/mol. The van der Waals surface area contributed by atoms with Gasteiger partial charge in [0.15, 0.2) is 0 Å². The fraction of sp³-hybridized carbons (Fsp3) is 0.400.